The zero-order valence-electron chi connectivity index (χ0n) is 8.07. The molecule has 1 unspecified atom stereocenters. The monoisotopic (exact) mass is 191 g/mol. The van der Waals surface area contributed by atoms with Crippen LogP contribution in [0.5, 0.6) is 0 Å². The molecule has 0 amide bonds. The first-order chi connectivity index (χ1) is 6.75. The Balaban J connectivity index is 2.06. The van der Waals surface area contributed by atoms with E-state index in [2.05, 4.69) is 0 Å². The average molecular weight is 191 g/mol. The largest absolute Gasteiger partial charge is 0.472 e. The summed E-state index contributed by atoms with van der Waals surface area (Å²) in [6.07, 6.45) is 4.09. The number of rotatable bonds is 3. The summed E-state index contributed by atoms with van der Waals surface area (Å²) in [7, 11) is 0. The normalized spacial score (nSPS) is 13.0. The van der Waals surface area contributed by atoms with E-state index in [1.807, 2.05) is 25.1 Å². The van der Waals surface area contributed by atoms with Crippen molar-refractivity contribution in [2.75, 3.05) is 0 Å². The van der Waals surface area contributed by atoms with E-state index < -0.39 is 0 Å². The van der Waals surface area contributed by atoms with Crippen LogP contribution in [-0.2, 0) is 6.42 Å². The van der Waals surface area contributed by atoms with Gasteiger partial charge in [-0.2, -0.15) is 0 Å². The van der Waals surface area contributed by atoms with Gasteiger partial charge in [0.25, 0.3) is 0 Å². The molecule has 2 aromatic rings. The fourth-order valence-corrected chi connectivity index (χ4v) is 1.42. The quantitative estimate of drug-likeness (QED) is 0.810. The van der Waals surface area contributed by atoms with Crippen LogP contribution in [-0.4, -0.2) is 0 Å². The van der Waals surface area contributed by atoms with Crippen LogP contribution in [0.3, 0.4) is 0 Å². The summed E-state index contributed by atoms with van der Waals surface area (Å²) in [5.74, 6) is 1.71. The molecule has 74 valence electrons. The lowest BCUT2D eigenvalue weighted by molar-refractivity contribution is 0.444. The maximum Gasteiger partial charge on any atom is 0.121 e. The lowest BCUT2D eigenvalue weighted by Gasteiger charge is -2.05. The summed E-state index contributed by atoms with van der Waals surface area (Å²) < 4.78 is 10.4. The third kappa shape index (κ3) is 1.88. The molecule has 0 saturated carbocycles. The van der Waals surface area contributed by atoms with Crippen molar-refractivity contribution in [3.05, 3.63) is 47.8 Å². The fourth-order valence-electron chi connectivity index (χ4n) is 1.42. The Labute approximate surface area is 82.5 Å². The minimum Gasteiger partial charge on any atom is -0.472 e. The first kappa shape index (κ1) is 9.09. The highest BCUT2D eigenvalue weighted by molar-refractivity contribution is 5.14. The van der Waals surface area contributed by atoms with E-state index in [0.717, 1.165) is 23.5 Å². The van der Waals surface area contributed by atoms with Gasteiger partial charge >= 0.3 is 0 Å². The molecule has 0 aliphatic heterocycles. The van der Waals surface area contributed by atoms with Gasteiger partial charge in [0, 0.05) is 0 Å². The van der Waals surface area contributed by atoms with E-state index in [9.17, 15) is 0 Å². The maximum atomic E-state index is 5.96. The van der Waals surface area contributed by atoms with Crippen molar-refractivity contribution in [3.63, 3.8) is 0 Å². The minimum absolute atomic E-state index is 0.0960. The van der Waals surface area contributed by atoms with E-state index in [-0.39, 0.29) is 6.04 Å². The van der Waals surface area contributed by atoms with Crippen LogP contribution in [0.2, 0.25) is 0 Å². The molecule has 2 aromatic heterocycles. The molecule has 0 bridgehead atoms. The standard InChI is InChI=1S/C11H13NO2/c1-8-2-3-11(14-8)10(12)6-9-4-5-13-7-9/h2-5,7,10H,6,12H2,1H3. The zero-order valence-corrected chi connectivity index (χ0v) is 8.07. The van der Waals surface area contributed by atoms with Gasteiger partial charge in [0.2, 0.25) is 0 Å². The van der Waals surface area contributed by atoms with Crippen LogP contribution in [0.25, 0.3) is 0 Å². The Morgan fingerprint density at radius 2 is 2.21 bits per heavy atom. The van der Waals surface area contributed by atoms with Gasteiger partial charge in [0.1, 0.15) is 11.5 Å². The van der Waals surface area contributed by atoms with E-state index in [1.165, 1.54) is 0 Å². The SMILES string of the molecule is Cc1ccc(C(N)Cc2ccoc2)o1. The second-order valence-electron chi connectivity index (χ2n) is 3.39. The van der Waals surface area contributed by atoms with Crippen LogP contribution >= 0.6 is 0 Å². The number of hydrogen-bond donors (Lipinski definition) is 1. The predicted molar refractivity (Wildman–Crippen MR) is 52.8 cm³/mol. The average Bonchev–Trinajstić information content (AvgIpc) is 2.75. The van der Waals surface area contributed by atoms with E-state index in [4.69, 9.17) is 14.6 Å². The minimum atomic E-state index is -0.0960. The predicted octanol–water partition coefficient (Wildman–Crippen LogP) is 2.42. The Morgan fingerprint density at radius 3 is 2.79 bits per heavy atom. The van der Waals surface area contributed by atoms with E-state index in [0.29, 0.717) is 0 Å². The molecule has 14 heavy (non-hydrogen) atoms. The third-order valence-corrected chi connectivity index (χ3v) is 2.16. The van der Waals surface area contributed by atoms with Gasteiger partial charge in [0.05, 0.1) is 18.6 Å². The van der Waals surface area contributed by atoms with Gasteiger partial charge in [0.15, 0.2) is 0 Å². The van der Waals surface area contributed by atoms with Crippen molar-refractivity contribution < 1.29 is 8.83 Å². The molecule has 0 aliphatic rings. The molecule has 0 radical (unpaired) electrons. The molecular formula is C11H13NO2. The zero-order chi connectivity index (χ0) is 9.97. The smallest absolute Gasteiger partial charge is 0.121 e. The lowest BCUT2D eigenvalue weighted by atomic mass is 10.1. The molecule has 0 spiro atoms. The first-order valence-corrected chi connectivity index (χ1v) is 4.58. The molecule has 2 N–H and O–H groups in total. The fraction of sp³-hybridized carbons (Fsp3) is 0.273. The topological polar surface area (TPSA) is 52.3 Å². The first-order valence-electron chi connectivity index (χ1n) is 4.58. The Kier molecular flexibility index (Phi) is 2.41. The van der Waals surface area contributed by atoms with Crippen molar-refractivity contribution in [3.8, 4) is 0 Å². The number of nitrogens with two attached hydrogens (primary N) is 1. The van der Waals surface area contributed by atoms with E-state index in [1.54, 1.807) is 12.5 Å². The van der Waals surface area contributed by atoms with Gasteiger partial charge in [-0.3, -0.25) is 0 Å². The highest BCUT2D eigenvalue weighted by atomic mass is 16.3. The van der Waals surface area contributed by atoms with Crippen molar-refractivity contribution >= 4 is 0 Å². The molecule has 1 atom stereocenters. The molecule has 0 aliphatic carbocycles. The van der Waals surface area contributed by atoms with Gasteiger partial charge in [-0.25, -0.2) is 0 Å². The molecule has 0 saturated heterocycles. The van der Waals surface area contributed by atoms with Crippen LogP contribution in [0.15, 0.2) is 39.6 Å². The highest BCUT2D eigenvalue weighted by Gasteiger charge is 2.11. The van der Waals surface area contributed by atoms with Gasteiger partial charge in [-0.15, -0.1) is 0 Å². The second kappa shape index (κ2) is 3.72. The van der Waals surface area contributed by atoms with E-state index >= 15 is 0 Å². The summed E-state index contributed by atoms with van der Waals surface area (Å²) in [5, 5.41) is 0. The molecule has 2 heterocycles. The van der Waals surface area contributed by atoms with Crippen molar-refractivity contribution in [1.82, 2.24) is 0 Å². The molecular weight excluding hydrogens is 178 g/mol. The Morgan fingerprint density at radius 1 is 1.36 bits per heavy atom. The lowest BCUT2D eigenvalue weighted by Crippen LogP contribution is -2.11. The van der Waals surface area contributed by atoms with Crippen LogP contribution in [0.4, 0.5) is 0 Å². The molecule has 0 fully saturated rings. The summed E-state index contributed by atoms with van der Waals surface area (Å²) in [6.45, 7) is 1.91. The number of hydrogen-bond acceptors (Lipinski definition) is 3. The molecule has 2 rings (SSSR count). The second-order valence-corrected chi connectivity index (χ2v) is 3.39. The third-order valence-electron chi connectivity index (χ3n) is 2.16. The number of furan rings is 2. The van der Waals surface area contributed by atoms with Crippen molar-refractivity contribution in [2.45, 2.75) is 19.4 Å². The number of aryl methyl sites for hydroxylation is 1. The van der Waals surface area contributed by atoms with Gasteiger partial charge in [-0.1, -0.05) is 0 Å². The Bertz CT molecular complexity index is 389. The van der Waals surface area contributed by atoms with Gasteiger partial charge < -0.3 is 14.6 Å². The molecule has 0 aromatic carbocycles. The van der Waals surface area contributed by atoms with Crippen molar-refractivity contribution in [2.24, 2.45) is 5.73 Å². The summed E-state index contributed by atoms with van der Waals surface area (Å²) in [5.41, 5.74) is 7.05. The molecule has 3 nitrogen and oxygen atoms in total. The summed E-state index contributed by atoms with van der Waals surface area (Å²) >= 11 is 0. The highest BCUT2D eigenvalue weighted by Crippen LogP contribution is 2.18. The molecule has 3 heteroatoms. The van der Waals surface area contributed by atoms with Crippen LogP contribution < -0.4 is 5.73 Å². The van der Waals surface area contributed by atoms with Crippen LogP contribution in [0, 0.1) is 6.92 Å². The Hall–Kier alpha value is -1.48. The summed E-state index contributed by atoms with van der Waals surface area (Å²) in [4.78, 5) is 0. The van der Waals surface area contributed by atoms with Crippen molar-refractivity contribution in [1.29, 1.82) is 0 Å². The maximum absolute atomic E-state index is 5.96. The van der Waals surface area contributed by atoms with Gasteiger partial charge in [-0.05, 0) is 37.1 Å². The summed E-state index contributed by atoms with van der Waals surface area (Å²) in [6, 6.07) is 5.65. The van der Waals surface area contributed by atoms with Crippen LogP contribution in [0.1, 0.15) is 23.1 Å².